The molecule has 0 saturated carbocycles. The van der Waals surface area contributed by atoms with Gasteiger partial charge in [-0.05, 0) is 18.6 Å². The fourth-order valence-corrected chi connectivity index (χ4v) is 1.10. The maximum absolute atomic E-state index is 9.50. The highest BCUT2D eigenvalue weighted by Gasteiger charge is 2.06. The van der Waals surface area contributed by atoms with Gasteiger partial charge in [-0.1, -0.05) is 6.08 Å². The van der Waals surface area contributed by atoms with Gasteiger partial charge >= 0.3 is 0 Å². The lowest BCUT2D eigenvalue weighted by Crippen LogP contribution is -2.01. The predicted molar refractivity (Wildman–Crippen MR) is 45.2 cm³/mol. The summed E-state index contributed by atoms with van der Waals surface area (Å²) in [5.41, 5.74) is 0.935. The van der Waals surface area contributed by atoms with E-state index in [0.29, 0.717) is 6.42 Å². The van der Waals surface area contributed by atoms with E-state index in [1.165, 1.54) is 0 Å². The summed E-state index contributed by atoms with van der Waals surface area (Å²) in [4.78, 5) is 0. The largest absolute Gasteiger partial charge is 0.387 e. The van der Waals surface area contributed by atoms with Crippen LogP contribution in [0.15, 0.2) is 31.0 Å². The smallest absolute Gasteiger partial charge is 0.0973 e. The number of hydrogen-bond donors (Lipinski definition) is 1. The minimum absolute atomic E-state index is 0.410. The van der Waals surface area contributed by atoms with Crippen molar-refractivity contribution in [2.75, 3.05) is 0 Å². The lowest BCUT2D eigenvalue weighted by atomic mass is 10.2. The molecule has 60 valence electrons. The second-order valence-corrected chi connectivity index (χ2v) is 2.58. The third-order valence-corrected chi connectivity index (χ3v) is 1.72. The summed E-state index contributed by atoms with van der Waals surface area (Å²) in [5.74, 6) is 0. The Morgan fingerprint density at radius 2 is 2.55 bits per heavy atom. The van der Waals surface area contributed by atoms with Gasteiger partial charge in [0.15, 0.2) is 0 Å². The Morgan fingerprint density at radius 1 is 1.82 bits per heavy atom. The van der Waals surface area contributed by atoms with E-state index >= 15 is 0 Å². The van der Waals surface area contributed by atoms with E-state index in [4.69, 9.17) is 0 Å². The zero-order chi connectivity index (χ0) is 8.27. The van der Waals surface area contributed by atoms with E-state index in [1.807, 2.05) is 29.9 Å². The number of nitrogens with zero attached hydrogens (tertiary/aromatic N) is 1. The molecule has 0 aliphatic rings. The first-order valence-electron chi connectivity index (χ1n) is 3.66. The minimum atomic E-state index is -0.410. The summed E-state index contributed by atoms with van der Waals surface area (Å²) in [6, 6.07) is 3.83. The van der Waals surface area contributed by atoms with Gasteiger partial charge in [0.05, 0.1) is 6.10 Å². The SMILES string of the molecule is C=CCC(O)c1cccn1C. The van der Waals surface area contributed by atoms with Gasteiger partial charge < -0.3 is 9.67 Å². The van der Waals surface area contributed by atoms with E-state index in [2.05, 4.69) is 6.58 Å². The van der Waals surface area contributed by atoms with Crippen LogP contribution in [0.25, 0.3) is 0 Å². The molecule has 0 aliphatic carbocycles. The van der Waals surface area contributed by atoms with Crippen LogP contribution in [0, 0.1) is 0 Å². The highest BCUT2D eigenvalue weighted by molar-refractivity contribution is 5.10. The summed E-state index contributed by atoms with van der Waals surface area (Å²) in [6.45, 7) is 3.57. The molecule has 0 aliphatic heterocycles. The summed E-state index contributed by atoms with van der Waals surface area (Å²) >= 11 is 0. The first-order valence-corrected chi connectivity index (χ1v) is 3.66. The molecule has 1 unspecified atom stereocenters. The maximum Gasteiger partial charge on any atom is 0.0973 e. The molecule has 1 atom stereocenters. The van der Waals surface area contributed by atoms with Gasteiger partial charge in [0.25, 0.3) is 0 Å². The summed E-state index contributed by atoms with van der Waals surface area (Å²) in [7, 11) is 1.92. The molecule has 1 aromatic heterocycles. The summed E-state index contributed by atoms with van der Waals surface area (Å²) in [5, 5.41) is 9.50. The van der Waals surface area contributed by atoms with Crippen LogP contribution in [0.5, 0.6) is 0 Å². The Balaban J connectivity index is 2.74. The molecule has 0 bridgehead atoms. The average molecular weight is 151 g/mol. The second-order valence-electron chi connectivity index (χ2n) is 2.58. The van der Waals surface area contributed by atoms with Crippen molar-refractivity contribution >= 4 is 0 Å². The standard InChI is InChI=1S/C9H13NO/c1-3-5-9(11)8-6-4-7-10(8)2/h3-4,6-7,9,11H,1,5H2,2H3. The molecule has 2 nitrogen and oxygen atoms in total. The molecule has 11 heavy (non-hydrogen) atoms. The lowest BCUT2D eigenvalue weighted by molar-refractivity contribution is 0.173. The molecule has 0 radical (unpaired) electrons. The van der Waals surface area contributed by atoms with Crippen molar-refractivity contribution in [2.24, 2.45) is 7.05 Å². The number of aromatic nitrogens is 1. The fraction of sp³-hybridized carbons (Fsp3) is 0.333. The second kappa shape index (κ2) is 3.39. The van der Waals surface area contributed by atoms with Crippen LogP contribution in [0.2, 0.25) is 0 Å². The summed E-state index contributed by atoms with van der Waals surface area (Å²) < 4.78 is 1.91. The molecule has 0 saturated heterocycles. The van der Waals surface area contributed by atoms with Gasteiger partial charge in [-0.2, -0.15) is 0 Å². The topological polar surface area (TPSA) is 25.2 Å². The normalized spacial score (nSPS) is 12.9. The third-order valence-electron chi connectivity index (χ3n) is 1.72. The number of hydrogen-bond acceptors (Lipinski definition) is 1. The predicted octanol–water partition coefficient (Wildman–Crippen LogP) is 1.63. The van der Waals surface area contributed by atoms with Crippen molar-refractivity contribution in [3.8, 4) is 0 Å². The van der Waals surface area contributed by atoms with Crippen molar-refractivity contribution in [3.63, 3.8) is 0 Å². The van der Waals surface area contributed by atoms with E-state index in [1.54, 1.807) is 6.08 Å². The van der Waals surface area contributed by atoms with Crippen LogP contribution in [-0.2, 0) is 7.05 Å². The van der Waals surface area contributed by atoms with Crippen LogP contribution < -0.4 is 0 Å². The molecule has 0 spiro atoms. The lowest BCUT2D eigenvalue weighted by Gasteiger charge is -2.08. The van der Waals surface area contributed by atoms with Gasteiger partial charge in [0.1, 0.15) is 0 Å². The number of aliphatic hydroxyl groups excluding tert-OH is 1. The summed E-state index contributed by atoms with van der Waals surface area (Å²) in [6.07, 6.45) is 3.84. The highest BCUT2D eigenvalue weighted by atomic mass is 16.3. The van der Waals surface area contributed by atoms with Crippen LogP contribution in [0.4, 0.5) is 0 Å². The Morgan fingerprint density at radius 3 is 3.00 bits per heavy atom. The molecular weight excluding hydrogens is 138 g/mol. The monoisotopic (exact) mass is 151 g/mol. The number of aliphatic hydroxyl groups is 1. The van der Waals surface area contributed by atoms with E-state index in [9.17, 15) is 5.11 Å². The van der Waals surface area contributed by atoms with Crippen LogP contribution in [0.3, 0.4) is 0 Å². The van der Waals surface area contributed by atoms with E-state index < -0.39 is 6.10 Å². The Hall–Kier alpha value is -1.02. The molecule has 0 amide bonds. The average Bonchev–Trinajstić information content (AvgIpc) is 2.36. The van der Waals surface area contributed by atoms with Gasteiger partial charge in [0.2, 0.25) is 0 Å². The third kappa shape index (κ3) is 1.71. The molecular formula is C9H13NO. The van der Waals surface area contributed by atoms with Gasteiger partial charge in [0, 0.05) is 18.9 Å². The van der Waals surface area contributed by atoms with Crippen molar-refractivity contribution in [1.29, 1.82) is 0 Å². The zero-order valence-corrected chi connectivity index (χ0v) is 6.70. The van der Waals surface area contributed by atoms with Crippen molar-refractivity contribution in [3.05, 3.63) is 36.7 Å². The maximum atomic E-state index is 9.50. The number of aryl methyl sites for hydroxylation is 1. The fourth-order valence-electron chi connectivity index (χ4n) is 1.10. The zero-order valence-electron chi connectivity index (χ0n) is 6.70. The quantitative estimate of drug-likeness (QED) is 0.653. The molecule has 1 rings (SSSR count). The molecule has 0 aromatic carbocycles. The van der Waals surface area contributed by atoms with Crippen LogP contribution in [-0.4, -0.2) is 9.67 Å². The molecule has 1 heterocycles. The molecule has 1 N–H and O–H groups in total. The Kier molecular flexibility index (Phi) is 2.49. The van der Waals surface area contributed by atoms with Gasteiger partial charge in [-0.3, -0.25) is 0 Å². The van der Waals surface area contributed by atoms with E-state index in [0.717, 1.165) is 5.69 Å². The van der Waals surface area contributed by atoms with Crippen molar-refractivity contribution < 1.29 is 5.11 Å². The minimum Gasteiger partial charge on any atom is -0.387 e. The first kappa shape index (κ1) is 8.08. The van der Waals surface area contributed by atoms with Gasteiger partial charge in [-0.25, -0.2) is 0 Å². The van der Waals surface area contributed by atoms with Crippen molar-refractivity contribution in [1.82, 2.24) is 4.57 Å². The molecule has 0 fully saturated rings. The van der Waals surface area contributed by atoms with Crippen molar-refractivity contribution in [2.45, 2.75) is 12.5 Å². The number of rotatable bonds is 3. The Labute approximate surface area is 66.8 Å². The molecule has 1 aromatic rings. The van der Waals surface area contributed by atoms with Gasteiger partial charge in [-0.15, -0.1) is 6.58 Å². The Bertz CT molecular complexity index is 239. The first-order chi connectivity index (χ1) is 5.25. The van der Waals surface area contributed by atoms with Crippen LogP contribution in [0.1, 0.15) is 18.2 Å². The highest BCUT2D eigenvalue weighted by Crippen LogP contribution is 2.15. The van der Waals surface area contributed by atoms with E-state index in [-0.39, 0.29) is 0 Å². The van der Waals surface area contributed by atoms with Crippen LogP contribution >= 0.6 is 0 Å². The molecule has 2 heteroatoms.